The van der Waals surface area contributed by atoms with Gasteiger partial charge in [-0.05, 0) is 18.2 Å². The molecule has 1 unspecified atom stereocenters. The molecule has 1 heterocycles. The van der Waals surface area contributed by atoms with Gasteiger partial charge in [0.05, 0.1) is 18.2 Å². The molecule has 16 heavy (non-hydrogen) atoms. The first-order chi connectivity index (χ1) is 7.72. The summed E-state index contributed by atoms with van der Waals surface area (Å²) in [7, 11) is 1.84. The monoisotopic (exact) mass is 216 g/mol. The second-order valence-electron chi connectivity index (χ2n) is 3.75. The molecule has 0 aromatic heterocycles. The molecule has 0 bridgehead atoms. The fourth-order valence-corrected chi connectivity index (χ4v) is 1.81. The van der Waals surface area contributed by atoms with Crippen LogP contribution in [0.1, 0.15) is 12.0 Å². The number of carbonyl (C=O) groups excluding carboxylic acids is 1. The summed E-state index contributed by atoms with van der Waals surface area (Å²) in [6, 6.07) is 9.05. The van der Waals surface area contributed by atoms with Gasteiger partial charge >= 0.3 is 5.97 Å². The number of cyclic esters (lactones) is 1. The molecule has 1 aromatic rings. The molecule has 1 aromatic carbocycles. The number of nitriles is 1. The van der Waals surface area contributed by atoms with E-state index in [0.717, 1.165) is 5.69 Å². The van der Waals surface area contributed by atoms with E-state index in [1.807, 2.05) is 24.1 Å². The molecule has 4 nitrogen and oxygen atoms in total. The molecule has 2 rings (SSSR count). The lowest BCUT2D eigenvalue weighted by atomic mass is 10.1. The molecule has 1 aliphatic heterocycles. The van der Waals surface area contributed by atoms with Crippen molar-refractivity contribution in [1.82, 2.24) is 0 Å². The summed E-state index contributed by atoms with van der Waals surface area (Å²) < 4.78 is 4.92. The van der Waals surface area contributed by atoms with Crippen LogP contribution in [-0.2, 0) is 9.53 Å². The number of esters is 1. The first kappa shape index (κ1) is 10.5. The Morgan fingerprint density at radius 3 is 3.00 bits per heavy atom. The summed E-state index contributed by atoms with van der Waals surface area (Å²) in [6.07, 6.45) is 0.701. The number of benzene rings is 1. The zero-order valence-electron chi connectivity index (χ0n) is 9.01. The molecule has 0 radical (unpaired) electrons. The van der Waals surface area contributed by atoms with E-state index >= 15 is 0 Å². The summed E-state index contributed by atoms with van der Waals surface area (Å²) in [4.78, 5) is 13.3. The Labute approximate surface area is 94.0 Å². The minimum absolute atomic E-state index is 0.190. The van der Waals surface area contributed by atoms with Gasteiger partial charge < -0.3 is 9.64 Å². The van der Waals surface area contributed by atoms with Crippen LogP contribution in [0.15, 0.2) is 24.3 Å². The molecule has 0 N–H and O–H groups in total. The molecule has 0 aliphatic carbocycles. The van der Waals surface area contributed by atoms with Crippen molar-refractivity contribution >= 4 is 11.7 Å². The summed E-state index contributed by atoms with van der Waals surface area (Å²) in [5.41, 5.74) is 1.46. The standard InChI is InChI=1S/C12H12N2O2/c1-14(11-5-6-16-12(11)15)10-4-2-3-9(7-10)8-13/h2-4,7,11H,5-6H2,1H3. The van der Waals surface area contributed by atoms with E-state index in [4.69, 9.17) is 10.00 Å². The van der Waals surface area contributed by atoms with E-state index in [1.54, 1.807) is 12.1 Å². The normalized spacial score (nSPS) is 19.0. The molecular weight excluding hydrogens is 204 g/mol. The highest BCUT2D eigenvalue weighted by molar-refractivity contribution is 5.81. The largest absolute Gasteiger partial charge is 0.464 e. The predicted octanol–water partition coefficient (Wildman–Crippen LogP) is 1.31. The van der Waals surface area contributed by atoms with Crippen LogP contribution in [0.25, 0.3) is 0 Å². The second-order valence-corrected chi connectivity index (χ2v) is 3.75. The van der Waals surface area contributed by atoms with Crippen LogP contribution >= 0.6 is 0 Å². The predicted molar refractivity (Wildman–Crippen MR) is 58.9 cm³/mol. The summed E-state index contributed by atoms with van der Waals surface area (Å²) >= 11 is 0. The van der Waals surface area contributed by atoms with Gasteiger partial charge in [0.1, 0.15) is 6.04 Å². The molecule has 4 heteroatoms. The number of nitrogens with zero attached hydrogens (tertiary/aromatic N) is 2. The Kier molecular flexibility index (Phi) is 2.78. The van der Waals surface area contributed by atoms with Gasteiger partial charge in [-0.2, -0.15) is 5.26 Å². The SMILES string of the molecule is CN(c1cccc(C#N)c1)C1CCOC1=O. The van der Waals surface area contributed by atoms with E-state index in [9.17, 15) is 4.79 Å². The highest BCUT2D eigenvalue weighted by Gasteiger charge is 2.30. The second kappa shape index (κ2) is 4.23. The van der Waals surface area contributed by atoms with Gasteiger partial charge in [0, 0.05) is 19.2 Å². The van der Waals surface area contributed by atoms with Crippen LogP contribution in [0.2, 0.25) is 0 Å². The molecule has 1 saturated heterocycles. The molecule has 0 saturated carbocycles. The Morgan fingerprint density at radius 2 is 2.38 bits per heavy atom. The van der Waals surface area contributed by atoms with Crippen molar-refractivity contribution in [2.45, 2.75) is 12.5 Å². The minimum atomic E-state index is -0.228. The Bertz CT molecular complexity index is 451. The number of likely N-dealkylation sites (N-methyl/N-ethyl adjacent to an activating group) is 1. The first-order valence-corrected chi connectivity index (χ1v) is 5.12. The van der Waals surface area contributed by atoms with E-state index in [0.29, 0.717) is 18.6 Å². The van der Waals surface area contributed by atoms with Gasteiger partial charge in [-0.25, -0.2) is 4.79 Å². The van der Waals surface area contributed by atoms with Crippen LogP contribution in [0.5, 0.6) is 0 Å². The zero-order chi connectivity index (χ0) is 11.5. The molecule has 1 atom stereocenters. The maximum Gasteiger partial charge on any atom is 0.328 e. The van der Waals surface area contributed by atoms with Crippen LogP contribution in [0.4, 0.5) is 5.69 Å². The van der Waals surface area contributed by atoms with Crippen molar-refractivity contribution in [2.24, 2.45) is 0 Å². The van der Waals surface area contributed by atoms with Crippen molar-refractivity contribution < 1.29 is 9.53 Å². The van der Waals surface area contributed by atoms with Crippen molar-refractivity contribution in [3.63, 3.8) is 0 Å². The van der Waals surface area contributed by atoms with E-state index in [-0.39, 0.29) is 12.0 Å². The van der Waals surface area contributed by atoms with Crippen molar-refractivity contribution in [3.05, 3.63) is 29.8 Å². The van der Waals surface area contributed by atoms with Gasteiger partial charge in [0.15, 0.2) is 0 Å². The maximum absolute atomic E-state index is 11.4. The first-order valence-electron chi connectivity index (χ1n) is 5.12. The van der Waals surface area contributed by atoms with E-state index in [2.05, 4.69) is 6.07 Å². The van der Waals surface area contributed by atoms with Gasteiger partial charge in [-0.15, -0.1) is 0 Å². The van der Waals surface area contributed by atoms with Gasteiger partial charge in [-0.1, -0.05) is 6.07 Å². The van der Waals surface area contributed by atoms with Crippen LogP contribution in [-0.4, -0.2) is 25.7 Å². The average molecular weight is 216 g/mol. The maximum atomic E-state index is 11.4. The van der Waals surface area contributed by atoms with E-state index in [1.165, 1.54) is 0 Å². The Hall–Kier alpha value is -2.02. The van der Waals surface area contributed by atoms with Crippen LogP contribution < -0.4 is 4.90 Å². The summed E-state index contributed by atoms with van der Waals surface area (Å²) in [5.74, 6) is -0.190. The third-order valence-electron chi connectivity index (χ3n) is 2.76. The van der Waals surface area contributed by atoms with Crippen LogP contribution in [0.3, 0.4) is 0 Å². The molecule has 82 valence electrons. The van der Waals surface area contributed by atoms with Gasteiger partial charge in [0.2, 0.25) is 0 Å². The summed E-state index contributed by atoms with van der Waals surface area (Å²) in [5, 5.41) is 8.80. The molecule has 1 fully saturated rings. The van der Waals surface area contributed by atoms with Crippen molar-refractivity contribution in [1.29, 1.82) is 5.26 Å². The van der Waals surface area contributed by atoms with Crippen molar-refractivity contribution in [2.75, 3.05) is 18.6 Å². The molecule has 0 spiro atoms. The zero-order valence-corrected chi connectivity index (χ0v) is 9.01. The van der Waals surface area contributed by atoms with E-state index < -0.39 is 0 Å². The molecule has 1 aliphatic rings. The average Bonchev–Trinajstić information content (AvgIpc) is 2.74. The number of carbonyl (C=O) groups is 1. The molecular formula is C12H12N2O2. The summed E-state index contributed by atoms with van der Waals surface area (Å²) in [6.45, 7) is 0.478. The fraction of sp³-hybridized carbons (Fsp3) is 0.333. The lowest BCUT2D eigenvalue weighted by Crippen LogP contribution is -2.35. The van der Waals surface area contributed by atoms with Crippen molar-refractivity contribution in [3.8, 4) is 6.07 Å². The third kappa shape index (κ3) is 1.84. The number of ether oxygens (including phenoxy) is 1. The number of rotatable bonds is 2. The Morgan fingerprint density at radius 1 is 1.56 bits per heavy atom. The highest BCUT2D eigenvalue weighted by Crippen LogP contribution is 2.21. The highest BCUT2D eigenvalue weighted by atomic mass is 16.5. The number of hydrogen-bond acceptors (Lipinski definition) is 4. The topological polar surface area (TPSA) is 53.3 Å². The van der Waals surface area contributed by atoms with Crippen LogP contribution in [0, 0.1) is 11.3 Å². The number of hydrogen-bond donors (Lipinski definition) is 0. The van der Waals surface area contributed by atoms with Gasteiger partial charge in [0.25, 0.3) is 0 Å². The Balaban J connectivity index is 2.23. The quantitative estimate of drug-likeness (QED) is 0.699. The minimum Gasteiger partial charge on any atom is -0.464 e. The third-order valence-corrected chi connectivity index (χ3v) is 2.76. The fourth-order valence-electron chi connectivity index (χ4n) is 1.81. The smallest absolute Gasteiger partial charge is 0.328 e. The lowest BCUT2D eigenvalue weighted by molar-refractivity contribution is -0.139. The lowest BCUT2D eigenvalue weighted by Gasteiger charge is -2.23. The van der Waals surface area contributed by atoms with Gasteiger partial charge in [-0.3, -0.25) is 0 Å². The molecule has 0 amide bonds. The number of anilines is 1.